The van der Waals surface area contributed by atoms with Gasteiger partial charge in [0.2, 0.25) is 5.91 Å². The van der Waals surface area contributed by atoms with Gasteiger partial charge in [-0.05, 0) is 13.3 Å². The number of rotatable bonds is 8. The number of amides is 1. The number of nitrogens with one attached hydrogen (secondary N) is 1. The van der Waals surface area contributed by atoms with E-state index in [0.29, 0.717) is 6.54 Å². The summed E-state index contributed by atoms with van der Waals surface area (Å²) in [7, 11) is 0. The fraction of sp³-hybridized carbons (Fsp3) is 0.636. The normalized spacial score (nSPS) is 12.3. The molecule has 0 rings (SSSR count). The molecule has 2 atom stereocenters. The van der Waals surface area contributed by atoms with Crippen LogP contribution in [0.15, 0.2) is 0 Å². The summed E-state index contributed by atoms with van der Waals surface area (Å²) in [6.45, 7) is 2.36. The van der Waals surface area contributed by atoms with E-state index in [-0.39, 0.29) is 18.7 Å². The molecule has 0 radical (unpaired) electrons. The van der Waals surface area contributed by atoms with Gasteiger partial charge in [0.25, 0.3) is 0 Å². The van der Waals surface area contributed by atoms with Crippen LogP contribution in [0.1, 0.15) is 26.2 Å². The van der Waals surface area contributed by atoms with Crippen molar-refractivity contribution >= 4 is 23.8 Å². The summed E-state index contributed by atoms with van der Waals surface area (Å²) in [5.41, 5.74) is 10.0. The van der Waals surface area contributed by atoms with Crippen LogP contribution in [-0.4, -0.2) is 57.8 Å². The van der Waals surface area contributed by atoms with Crippen molar-refractivity contribution in [3.63, 3.8) is 0 Å². The predicted molar refractivity (Wildman–Crippen MR) is 71.4 cm³/mol. The zero-order valence-corrected chi connectivity index (χ0v) is 11.6. The van der Waals surface area contributed by atoms with Gasteiger partial charge in [0.05, 0.1) is 6.42 Å². The molecule has 0 aliphatic heterocycles. The van der Waals surface area contributed by atoms with Crippen LogP contribution in [0.25, 0.3) is 0 Å². The van der Waals surface area contributed by atoms with Crippen molar-refractivity contribution in [3.8, 4) is 0 Å². The first-order valence-corrected chi connectivity index (χ1v) is 6.07. The molecule has 0 saturated heterocycles. The SMILES string of the molecule is CCNC(=O)CC[C@H](N)C(=O)O.N[C@@H](CC(=O)O)C(=O)O. The molecule has 122 valence electrons. The Balaban J connectivity index is 0. The number of aliphatic carboxylic acids is 3. The quantitative estimate of drug-likeness (QED) is 0.299. The van der Waals surface area contributed by atoms with E-state index in [1.807, 2.05) is 0 Å². The van der Waals surface area contributed by atoms with Crippen LogP contribution >= 0.6 is 0 Å². The third-order valence-electron chi connectivity index (χ3n) is 2.09. The molecule has 8 N–H and O–H groups in total. The van der Waals surface area contributed by atoms with Gasteiger partial charge in [0.15, 0.2) is 0 Å². The number of carboxylic acids is 3. The van der Waals surface area contributed by atoms with Gasteiger partial charge < -0.3 is 32.1 Å². The highest BCUT2D eigenvalue weighted by Crippen LogP contribution is 1.94. The van der Waals surface area contributed by atoms with Crippen LogP contribution < -0.4 is 16.8 Å². The summed E-state index contributed by atoms with van der Waals surface area (Å²) in [6.07, 6.45) is -0.183. The molecule has 0 heterocycles. The third kappa shape index (κ3) is 14.0. The van der Waals surface area contributed by atoms with E-state index < -0.39 is 36.4 Å². The fourth-order valence-electron chi connectivity index (χ4n) is 0.971. The van der Waals surface area contributed by atoms with Crippen molar-refractivity contribution in [3.05, 3.63) is 0 Å². The van der Waals surface area contributed by atoms with E-state index in [1.54, 1.807) is 6.92 Å². The van der Waals surface area contributed by atoms with E-state index in [1.165, 1.54) is 0 Å². The fourth-order valence-corrected chi connectivity index (χ4v) is 0.971. The van der Waals surface area contributed by atoms with Gasteiger partial charge in [0.1, 0.15) is 12.1 Å². The molecule has 10 heteroatoms. The highest BCUT2D eigenvalue weighted by Gasteiger charge is 2.14. The lowest BCUT2D eigenvalue weighted by Crippen LogP contribution is -2.32. The molecule has 0 saturated carbocycles. The predicted octanol–water partition coefficient (Wildman–Crippen LogP) is -1.81. The van der Waals surface area contributed by atoms with Crippen LogP contribution in [-0.2, 0) is 19.2 Å². The minimum Gasteiger partial charge on any atom is -0.481 e. The number of carboxylic acid groups (broad SMARTS) is 3. The Morgan fingerprint density at radius 1 is 1.00 bits per heavy atom. The first-order valence-electron chi connectivity index (χ1n) is 6.07. The maximum atomic E-state index is 10.8. The minimum atomic E-state index is -1.29. The Bertz CT molecular complexity index is 373. The Morgan fingerprint density at radius 2 is 1.48 bits per heavy atom. The van der Waals surface area contributed by atoms with Gasteiger partial charge in [0, 0.05) is 13.0 Å². The monoisotopic (exact) mass is 307 g/mol. The van der Waals surface area contributed by atoms with Gasteiger partial charge in [-0.25, -0.2) is 0 Å². The molecular formula is C11H21N3O7. The second-order valence-electron chi connectivity index (χ2n) is 3.98. The first kappa shape index (κ1) is 21.1. The Morgan fingerprint density at radius 3 is 1.76 bits per heavy atom. The molecule has 0 aromatic heterocycles. The lowest BCUT2D eigenvalue weighted by Gasteiger charge is -2.05. The van der Waals surface area contributed by atoms with Gasteiger partial charge in [-0.3, -0.25) is 19.2 Å². The van der Waals surface area contributed by atoms with Gasteiger partial charge in [-0.2, -0.15) is 0 Å². The standard InChI is InChI=1S/C7H14N2O3.C4H7NO4/c1-2-9-6(10)4-3-5(8)7(11)12;5-2(4(8)9)1-3(6)7/h5H,2-4,8H2,1H3,(H,9,10)(H,11,12);2H,1,5H2,(H,6,7)(H,8,9)/t5-;2-/m00/s1. The van der Waals surface area contributed by atoms with E-state index in [4.69, 9.17) is 26.8 Å². The summed E-state index contributed by atoms with van der Waals surface area (Å²) < 4.78 is 0. The zero-order valence-electron chi connectivity index (χ0n) is 11.6. The van der Waals surface area contributed by atoms with Crippen LogP contribution in [0.5, 0.6) is 0 Å². The molecule has 0 bridgehead atoms. The van der Waals surface area contributed by atoms with Crippen molar-refractivity contribution in [2.24, 2.45) is 11.5 Å². The van der Waals surface area contributed by atoms with E-state index in [2.05, 4.69) is 5.32 Å². The van der Waals surface area contributed by atoms with Gasteiger partial charge >= 0.3 is 17.9 Å². The molecule has 10 nitrogen and oxygen atoms in total. The van der Waals surface area contributed by atoms with E-state index >= 15 is 0 Å². The Labute approximate surface area is 121 Å². The summed E-state index contributed by atoms with van der Waals surface area (Å²) >= 11 is 0. The lowest BCUT2D eigenvalue weighted by molar-refractivity contribution is -0.144. The van der Waals surface area contributed by atoms with Crippen molar-refractivity contribution < 1.29 is 34.5 Å². The summed E-state index contributed by atoms with van der Waals surface area (Å²) in [5, 5.41) is 27.0. The largest absolute Gasteiger partial charge is 0.481 e. The summed E-state index contributed by atoms with van der Waals surface area (Å²) in [6, 6.07) is -2.23. The topological polar surface area (TPSA) is 193 Å². The average Bonchev–Trinajstić information content (AvgIpc) is 2.36. The molecule has 0 unspecified atom stereocenters. The summed E-state index contributed by atoms with van der Waals surface area (Å²) in [4.78, 5) is 40.6. The third-order valence-corrected chi connectivity index (χ3v) is 2.09. The maximum Gasteiger partial charge on any atom is 0.321 e. The van der Waals surface area contributed by atoms with Gasteiger partial charge in [-0.15, -0.1) is 0 Å². The highest BCUT2D eigenvalue weighted by atomic mass is 16.4. The van der Waals surface area contributed by atoms with Crippen LogP contribution in [0.4, 0.5) is 0 Å². The minimum absolute atomic E-state index is 0.158. The Kier molecular flexibility index (Phi) is 11.7. The smallest absolute Gasteiger partial charge is 0.321 e. The molecule has 21 heavy (non-hydrogen) atoms. The molecule has 0 aromatic carbocycles. The average molecular weight is 307 g/mol. The first-order chi connectivity index (χ1) is 9.61. The molecule has 0 aliphatic rings. The number of hydrogen-bond donors (Lipinski definition) is 6. The number of carbonyl (C=O) groups excluding carboxylic acids is 1. The van der Waals surface area contributed by atoms with Gasteiger partial charge in [-0.1, -0.05) is 0 Å². The maximum absolute atomic E-state index is 10.8. The highest BCUT2D eigenvalue weighted by molar-refractivity contribution is 5.80. The summed E-state index contributed by atoms with van der Waals surface area (Å²) in [5.74, 6) is -3.73. The molecule has 0 fully saturated rings. The second-order valence-corrected chi connectivity index (χ2v) is 3.98. The van der Waals surface area contributed by atoms with Crippen molar-refractivity contribution in [1.29, 1.82) is 0 Å². The van der Waals surface area contributed by atoms with Crippen LogP contribution in [0, 0.1) is 0 Å². The molecule has 1 amide bonds. The van der Waals surface area contributed by atoms with Crippen molar-refractivity contribution in [2.45, 2.75) is 38.3 Å². The number of hydrogen-bond acceptors (Lipinski definition) is 6. The Hall–Kier alpha value is -2.20. The second kappa shape index (κ2) is 11.6. The lowest BCUT2D eigenvalue weighted by atomic mass is 10.1. The molecule has 0 aromatic rings. The number of carbonyl (C=O) groups is 4. The van der Waals surface area contributed by atoms with Crippen LogP contribution in [0.3, 0.4) is 0 Å². The molecule has 0 spiro atoms. The molecule has 0 aliphatic carbocycles. The van der Waals surface area contributed by atoms with Crippen LogP contribution in [0.2, 0.25) is 0 Å². The molecular weight excluding hydrogens is 286 g/mol. The van der Waals surface area contributed by atoms with E-state index in [0.717, 1.165) is 0 Å². The van der Waals surface area contributed by atoms with E-state index in [9.17, 15) is 19.2 Å². The van der Waals surface area contributed by atoms with Crippen molar-refractivity contribution in [1.82, 2.24) is 5.32 Å². The number of nitrogens with two attached hydrogens (primary N) is 2. The van der Waals surface area contributed by atoms with Crippen molar-refractivity contribution in [2.75, 3.05) is 6.54 Å². The zero-order chi connectivity index (χ0) is 17.0.